The minimum atomic E-state index is 0.239. The molecule has 136 valence electrons. The monoisotopic (exact) mass is 368 g/mol. The van der Waals surface area contributed by atoms with Gasteiger partial charge in [-0.2, -0.15) is 0 Å². The summed E-state index contributed by atoms with van der Waals surface area (Å²) in [5, 5.41) is 0.598. The predicted octanol–water partition coefficient (Wildman–Crippen LogP) is 5.69. The Bertz CT molecular complexity index is 797. The zero-order valence-electron chi connectivity index (χ0n) is 15.6. The molecule has 0 aliphatic carbocycles. The third-order valence-corrected chi connectivity index (χ3v) is 4.24. The molecule has 2 rings (SSSR count). The summed E-state index contributed by atoms with van der Waals surface area (Å²) in [6.07, 6.45) is 2.49. The van der Waals surface area contributed by atoms with Crippen molar-refractivity contribution in [1.82, 2.24) is 0 Å². The molecule has 2 aromatic rings. The molecular weight excluding hydrogens is 344 g/mol. The molecule has 0 bridgehead atoms. The van der Waals surface area contributed by atoms with E-state index in [2.05, 4.69) is 37.8 Å². The molecule has 3 heteroatoms. The van der Waals surface area contributed by atoms with Crippen molar-refractivity contribution < 1.29 is 9.53 Å². The van der Waals surface area contributed by atoms with Gasteiger partial charge < -0.3 is 9.53 Å². The van der Waals surface area contributed by atoms with Crippen molar-refractivity contribution in [2.24, 2.45) is 5.92 Å². The van der Waals surface area contributed by atoms with Crippen LogP contribution in [0.25, 0.3) is 0 Å². The first-order chi connectivity index (χ1) is 12.5. The van der Waals surface area contributed by atoms with Gasteiger partial charge in [-0.1, -0.05) is 49.4 Å². The minimum Gasteiger partial charge on any atom is -0.494 e. The molecule has 1 unspecified atom stereocenters. The Morgan fingerprint density at radius 3 is 2.50 bits per heavy atom. The molecule has 0 saturated heterocycles. The third-order valence-electron chi connectivity index (χ3n) is 3.93. The standard InChI is InChI=1S/C23H25ClO2/c1-4-13-26-22-12-11-21(23(24)16-22)10-9-19-5-7-20(8-6-19)15-17(2)14-18(3)25/h5-8,11-12,16-17H,4,13-15H2,1-3H3. The van der Waals surface area contributed by atoms with Crippen LogP contribution in [0.1, 0.15) is 50.3 Å². The first kappa shape index (κ1) is 20.1. The maximum Gasteiger partial charge on any atom is 0.130 e. The van der Waals surface area contributed by atoms with Crippen molar-refractivity contribution in [3.05, 3.63) is 64.2 Å². The van der Waals surface area contributed by atoms with Crippen molar-refractivity contribution in [2.75, 3.05) is 6.61 Å². The first-order valence-corrected chi connectivity index (χ1v) is 9.38. The highest BCUT2D eigenvalue weighted by Gasteiger charge is 2.06. The Labute approximate surface area is 161 Å². The van der Waals surface area contributed by atoms with Gasteiger partial charge in [-0.05, 0) is 55.5 Å². The number of ketones is 1. The van der Waals surface area contributed by atoms with Crippen molar-refractivity contribution in [3.8, 4) is 17.6 Å². The lowest BCUT2D eigenvalue weighted by molar-refractivity contribution is -0.117. The lowest BCUT2D eigenvalue weighted by Crippen LogP contribution is -2.04. The van der Waals surface area contributed by atoms with Crippen molar-refractivity contribution in [3.63, 3.8) is 0 Å². The number of hydrogen-bond donors (Lipinski definition) is 0. The first-order valence-electron chi connectivity index (χ1n) is 9.00. The fourth-order valence-electron chi connectivity index (χ4n) is 2.74. The summed E-state index contributed by atoms with van der Waals surface area (Å²) < 4.78 is 5.57. The van der Waals surface area contributed by atoms with Gasteiger partial charge in [0.05, 0.1) is 11.6 Å². The van der Waals surface area contributed by atoms with Crippen LogP contribution in [0.2, 0.25) is 5.02 Å². The summed E-state index contributed by atoms with van der Waals surface area (Å²) in [6, 6.07) is 13.8. The maximum atomic E-state index is 11.2. The van der Waals surface area contributed by atoms with E-state index in [1.807, 2.05) is 24.3 Å². The van der Waals surface area contributed by atoms with Gasteiger partial charge in [0.1, 0.15) is 11.5 Å². The molecule has 1 atom stereocenters. The number of Topliss-reactive ketones (excluding diaryl/α,β-unsaturated/α-hetero) is 1. The van der Waals surface area contributed by atoms with E-state index in [4.69, 9.17) is 16.3 Å². The molecule has 0 heterocycles. The van der Waals surface area contributed by atoms with Gasteiger partial charge >= 0.3 is 0 Å². The molecule has 0 saturated carbocycles. The highest BCUT2D eigenvalue weighted by Crippen LogP contribution is 2.22. The third kappa shape index (κ3) is 6.58. The van der Waals surface area contributed by atoms with Crippen LogP contribution in [0.3, 0.4) is 0 Å². The van der Waals surface area contributed by atoms with Crippen molar-refractivity contribution >= 4 is 17.4 Å². The SMILES string of the molecule is CCCOc1ccc(C#Cc2ccc(CC(C)CC(C)=O)cc2)c(Cl)c1. The van der Waals surface area contributed by atoms with Crippen LogP contribution in [0.5, 0.6) is 5.75 Å². The summed E-state index contributed by atoms with van der Waals surface area (Å²) in [6.45, 7) is 6.49. The number of carbonyl (C=O) groups excluding carboxylic acids is 1. The summed E-state index contributed by atoms with van der Waals surface area (Å²) in [5.41, 5.74) is 2.95. The van der Waals surface area contributed by atoms with E-state index in [9.17, 15) is 4.79 Å². The highest BCUT2D eigenvalue weighted by molar-refractivity contribution is 6.31. The molecule has 0 fully saturated rings. The second kappa shape index (κ2) is 10.0. The zero-order valence-corrected chi connectivity index (χ0v) is 16.4. The van der Waals surface area contributed by atoms with Crippen LogP contribution in [0, 0.1) is 17.8 Å². The summed E-state index contributed by atoms with van der Waals surface area (Å²) in [5.74, 6) is 7.63. The summed E-state index contributed by atoms with van der Waals surface area (Å²) in [7, 11) is 0. The lowest BCUT2D eigenvalue weighted by atomic mass is 9.96. The second-order valence-corrected chi connectivity index (χ2v) is 7.06. The van der Waals surface area contributed by atoms with Crippen LogP contribution in [0.4, 0.5) is 0 Å². The lowest BCUT2D eigenvalue weighted by Gasteiger charge is -2.09. The van der Waals surface area contributed by atoms with E-state index in [-0.39, 0.29) is 5.78 Å². The van der Waals surface area contributed by atoms with E-state index in [1.165, 1.54) is 5.56 Å². The predicted molar refractivity (Wildman–Crippen MR) is 108 cm³/mol. The fourth-order valence-corrected chi connectivity index (χ4v) is 2.95. The number of halogens is 1. The molecule has 0 amide bonds. The average Bonchev–Trinajstić information content (AvgIpc) is 2.59. The van der Waals surface area contributed by atoms with E-state index in [0.717, 1.165) is 29.7 Å². The Kier molecular flexibility index (Phi) is 7.75. The molecule has 2 aromatic carbocycles. The Hall–Kier alpha value is -2.24. The van der Waals surface area contributed by atoms with Gasteiger partial charge in [-0.3, -0.25) is 0 Å². The van der Waals surface area contributed by atoms with Gasteiger partial charge in [-0.15, -0.1) is 0 Å². The van der Waals surface area contributed by atoms with Gasteiger partial charge in [0.15, 0.2) is 0 Å². The number of rotatable bonds is 7. The molecule has 0 spiro atoms. The smallest absolute Gasteiger partial charge is 0.130 e. The molecule has 0 radical (unpaired) electrons. The normalized spacial score (nSPS) is 11.4. The molecule has 0 aliphatic heterocycles. The quantitative estimate of drug-likeness (QED) is 0.587. The van der Waals surface area contributed by atoms with E-state index < -0.39 is 0 Å². The Morgan fingerprint density at radius 1 is 1.15 bits per heavy atom. The summed E-state index contributed by atoms with van der Waals surface area (Å²) in [4.78, 5) is 11.2. The van der Waals surface area contributed by atoms with Crippen LogP contribution in [0.15, 0.2) is 42.5 Å². The van der Waals surface area contributed by atoms with Crippen molar-refractivity contribution in [2.45, 2.75) is 40.0 Å². The topological polar surface area (TPSA) is 26.3 Å². The van der Waals surface area contributed by atoms with Crippen LogP contribution in [-0.4, -0.2) is 12.4 Å². The summed E-state index contributed by atoms with van der Waals surface area (Å²) >= 11 is 6.29. The number of carbonyl (C=O) groups is 1. The Morgan fingerprint density at radius 2 is 1.88 bits per heavy atom. The second-order valence-electron chi connectivity index (χ2n) is 6.65. The van der Waals surface area contributed by atoms with Gasteiger partial charge in [0, 0.05) is 23.6 Å². The van der Waals surface area contributed by atoms with Gasteiger partial charge in [-0.25, -0.2) is 0 Å². The molecule has 0 N–H and O–H groups in total. The average molecular weight is 369 g/mol. The van der Waals surface area contributed by atoms with E-state index in [0.29, 0.717) is 24.0 Å². The van der Waals surface area contributed by atoms with Crippen LogP contribution in [-0.2, 0) is 11.2 Å². The maximum absolute atomic E-state index is 11.2. The van der Waals surface area contributed by atoms with E-state index in [1.54, 1.807) is 13.0 Å². The number of benzene rings is 2. The van der Waals surface area contributed by atoms with Gasteiger partial charge in [0.2, 0.25) is 0 Å². The zero-order chi connectivity index (χ0) is 18.9. The van der Waals surface area contributed by atoms with Crippen LogP contribution >= 0.6 is 11.6 Å². The highest BCUT2D eigenvalue weighted by atomic mass is 35.5. The molecular formula is C23H25ClO2. The fraction of sp³-hybridized carbons (Fsp3) is 0.348. The number of hydrogen-bond acceptors (Lipinski definition) is 2. The minimum absolute atomic E-state index is 0.239. The largest absolute Gasteiger partial charge is 0.494 e. The molecule has 26 heavy (non-hydrogen) atoms. The van der Waals surface area contributed by atoms with Gasteiger partial charge in [0.25, 0.3) is 0 Å². The van der Waals surface area contributed by atoms with E-state index >= 15 is 0 Å². The Balaban J connectivity index is 2.02. The molecule has 0 aliphatic rings. The molecule has 0 aromatic heterocycles. The van der Waals surface area contributed by atoms with Crippen molar-refractivity contribution in [1.29, 1.82) is 0 Å². The number of ether oxygens (including phenoxy) is 1. The van der Waals surface area contributed by atoms with Crippen LogP contribution < -0.4 is 4.74 Å². The molecule has 2 nitrogen and oxygen atoms in total.